The van der Waals surface area contributed by atoms with Crippen LogP contribution in [0.15, 0.2) is 54.9 Å². The predicted molar refractivity (Wildman–Crippen MR) is 88.8 cm³/mol. The van der Waals surface area contributed by atoms with E-state index in [1.54, 1.807) is 18.5 Å². The quantitative estimate of drug-likeness (QED) is 0.813. The van der Waals surface area contributed by atoms with Crippen LogP contribution in [0, 0.1) is 0 Å². The molecule has 1 aromatic heterocycles. The minimum absolute atomic E-state index is 0.106. The van der Waals surface area contributed by atoms with E-state index in [0.29, 0.717) is 31.7 Å². The molecule has 0 amide bonds. The van der Waals surface area contributed by atoms with Gasteiger partial charge in [-0.05, 0) is 30.5 Å². The van der Waals surface area contributed by atoms with Crippen molar-refractivity contribution >= 4 is 10.0 Å². The van der Waals surface area contributed by atoms with Gasteiger partial charge in [-0.2, -0.15) is 4.31 Å². The Bertz CT molecular complexity index is 720. The number of sulfonamides is 1. The number of hydrogen-bond acceptors (Lipinski definition) is 4. The Morgan fingerprint density at radius 1 is 1.17 bits per heavy atom. The molecule has 2 heterocycles. The largest absolute Gasteiger partial charge is 0.487 e. The van der Waals surface area contributed by atoms with Crippen LogP contribution in [0.2, 0.25) is 0 Å². The molecule has 1 aromatic carbocycles. The van der Waals surface area contributed by atoms with Gasteiger partial charge in [-0.3, -0.25) is 4.98 Å². The maximum absolute atomic E-state index is 12.5. The summed E-state index contributed by atoms with van der Waals surface area (Å²) in [6, 6.07) is 13.3. The van der Waals surface area contributed by atoms with Crippen LogP contribution in [0.3, 0.4) is 0 Å². The van der Waals surface area contributed by atoms with Gasteiger partial charge in [0.15, 0.2) is 0 Å². The molecule has 3 rings (SSSR count). The second-order valence-electron chi connectivity index (χ2n) is 5.63. The third-order valence-corrected chi connectivity index (χ3v) is 5.77. The van der Waals surface area contributed by atoms with Gasteiger partial charge in [0, 0.05) is 12.7 Å². The van der Waals surface area contributed by atoms with E-state index in [-0.39, 0.29) is 11.9 Å². The van der Waals surface area contributed by atoms with Gasteiger partial charge in [-0.15, -0.1) is 0 Å². The van der Waals surface area contributed by atoms with E-state index >= 15 is 0 Å². The molecule has 1 aliphatic rings. The van der Waals surface area contributed by atoms with Crippen LogP contribution in [0.1, 0.15) is 12.0 Å². The molecule has 1 fully saturated rings. The average Bonchev–Trinajstić information content (AvgIpc) is 3.04. The molecule has 0 spiro atoms. The number of benzene rings is 1. The van der Waals surface area contributed by atoms with Gasteiger partial charge in [-0.1, -0.05) is 30.3 Å². The number of pyridine rings is 1. The summed E-state index contributed by atoms with van der Waals surface area (Å²) in [5.41, 5.74) is 1.04. The highest BCUT2D eigenvalue weighted by Crippen LogP contribution is 2.20. The lowest BCUT2D eigenvalue weighted by Crippen LogP contribution is -2.33. The lowest BCUT2D eigenvalue weighted by atomic mass is 10.2. The molecule has 0 unspecified atom stereocenters. The van der Waals surface area contributed by atoms with Gasteiger partial charge in [0.05, 0.1) is 18.5 Å². The Labute approximate surface area is 137 Å². The van der Waals surface area contributed by atoms with E-state index in [1.807, 2.05) is 36.4 Å². The predicted octanol–water partition coefficient (Wildman–Crippen LogP) is 2.11. The van der Waals surface area contributed by atoms with E-state index in [1.165, 1.54) is 4.31 Å². The summed E-state index contributed by atoms with van der Waals surface area (Å²) < 4.78 is 32.3. The van der Waals surface area contributed by atoms with Gasteiger partial charge < -0.3 is 4.74 Å². The zero-order valence-electron chi connectivity index (χ0n) is 12.8. The second-order valence-corrected chi connectivity index (χ2v) is 7.72. The van der Waals surface area contributed by atoms with Crippen molar-refractivity contribution in [3.05, 3.63) is 60.4 Å². The molecule has 1 atom stereocenters. The van der Waals surface area contributed by atoms with E-state index in [4.69, 9.17) is 4.74 Å². The maximum Gasteiger partial charge on any atom is 0.214 e. The van der Waals surface area contributed by atoms with Crippen LogP contribution in [0.25, 0.3) is 0 Å². The molecule has 23 heavy (non-hydrogen) atoms. The van der Waals surface area contributed by atoms with Crippen molar-refractivity contribution < 1.29 is 13.2 Å². The summed E-state index contributed by atoms with van der Waals surface area (Å²) in [7, 11) is -3.25. The number of aryl methyl sites for hydroxylation is 1. The van der Waals surface area contributed by atoms with Crippen molar-refractivity contribution in [3.63, 3.8) is 0 Å². The molecular formula is C17H20N2O3S. The highest BCUT2D eigenvalue weighted by atomic mass is 32.2. The number of rotatable bonds is 6. The van der Waals surface area contributed by atoms with Crippen molar-refractivity contribution in [2.75, 3.05) is 18.8 Å². The van der Waals surface area contributed by atoms with Crippen LogP contribution in [0.4, 0.5) is 0 Å². The zero-order valence-corrected chi connectivity index (χ0v) is 13.7. The standard InChI is InChI=1S/C17H20N2O3S/c20-23(21,12-9-15-5-2-1-3-6-15)19-11-8-17(14-19)22-16-7-4-10-18-13-16/h1-7,10,13,17H,8-9,11-12,14H2/t17-/m1/s1. The van der Waals surface area contributed by atoms with Crippen molar-refractivity contribution in [2.45, 2.75) is 18.9 Å². The first-order valence-corrected chi connectivity index (χ1v) is 9.33. The molecule has 122 valence electrons. The molecule has 0 saturated carbocycles. The first kappa shape index (κ1) is 16.0. The summed E-state index contributed by atoms with van der Waals surface area (Å²) in [6.45, 7) is 0.925. The molecule has 6 heteroatoms. The third kappa shape index (κ3) is 4.30. The van der Waals surface area contributed by atoms with Gasteiger partial charge in [-0.25, -0.2) is 8.42 Å². The Hall–Kier alpha value is -1.92. The molecule has 0 radical (unpaired) electrons. The lowest BCUT2D eigenvalue weighted by molar-refractivity contribution is 0.214. The molecular weight excluding hydrogens is 312 g/mol. The molecule has 1 saturated heterocycles. The SMILES string of the molecule is O=S(=O)(CCc1ccccc1)N1CC[C@@H](Oc2cccnc2)C1. The van der Waals surface area contributed by atoms with Crippen molar-refractivity contribution in [3.8, 4) is 5.75 Å². The van der Waals surface area contributed by atoms with Crippen LogP contribution in [-0.2, 0) is 16.4 Å². The minimum Gasteiger partial charge on any atom is -0.487 e. The van der Waals surface area contributed by atoms with Gasteiger partial charge in [0.1, 0.15) is 11.9 Å². The van der Waals surface area contributed by atoms with E-state index in [0.717, 1.165) is 5.56 Å². The molecule has 0 aliphatic carbocycles. The maximum atomic E-state index is 12.5. The first-order chi connectivity index (χ1) is 11.1. The normalized spacial score (nSPS) is 18.9. The van der Waals surface area contributed by atoms with Crippen molar-refractivity contribution in [1.29, 1.82) is 0 Å². The Kier molecular flexibility index (Phi) is 4.93. The van der Waals surface area contributed by atoms with Crippen LogP contribution in [-0.4, -0.2) is 42.7 Å². The number of aromatic nitrogens is 1. The highest BCUT2D eigenvalue weighted by molar-refractivity contribution is 7.89. The second kappa shape index (κ2) is 7.10. The Morgan fingerprint density at radius 2 is 2.00 bits per heavy atom. The zero-order chi connectivity index (χ0) is 16.1. The summed E-state index contributed by atoms with van der Waals surface area (Å²) in [6.07, 6.45) is 4.47. The van der Waals surface area contributed by atoms with Gasteiger partial charge >= 0.3 is 0 Å². The summed E-state index contributed by atoms with van der Waals surface area (Å²) >= 11 is 0. The summed E-state index contributed by atoms with van der Waals surface area (Å²) in [4.78, 5) is 4.00. The number of ether oxygens (including phenoxy) is 1. The fourth-order valence-corrected chi connectivity index (χ4v) is 4.21. The lowest BCUT2D eigenvalue weighted by Gasteiger charge is -2.17. The highest BCUT2D eigenvalue weighted by Gasteiger charge is 2.32. The molecule has 5 nitrogen and oxygen atoms in total. The van der Waals surface area contributed by atoms with E-state index in [2.05, 4.69) is 4.98 Å². The fourth-order valence-electron chi connectivity index (χ4n) is 2.68. The van der Waals surface area contributed by atoms with Gasteiger partial charge in [0.2, 0.25) is 10.0 Å². The number of nitrogens with zero attached hydrogens (tertiary/aromatic N) is 2. The summed E-state index contributed by atoms with van der Waals surface area (Å²) in [5.74, 6) is 0.817. The Balaban J connectivity index is 1.55. The van der Waals surface area contributed by atoms with Crippen LogP contribution < -0.4 is 4.74 Å². The van der Waals surface area contributed by atoms with Crippen LogP contribution >= 0.6 is 0 Å². The van der Waals surface area contributed by atoms with Crippen LogP contribution in [0.5, 0.6) is 5.75 Å². The van der Waals surface area contributed by atoms with E-state index < -0.39 is 10.0 Å². The monoisotopic (exact) mass is 332 g/mol. The first-order valence-electron chi connectivity index (χ1n) is 7.72. The average molecular weight is 332 g/mol. The van der Waals surface area contributed by atoms with Crippen molar-refractivity contribution in [1.82, 2.24) is 9.29 Å². The van der Waals surface area contributed by atoms with Gasteiger partial charge in [0.25, 0.3) is 0 Å². The fraction of sp³-hybridized carbons (Fsp3) is 0.353. The molecule has 0 bridgehead atoms. The number of hydrogen-bond donors (Lipinski definition) is 0. The molecule has 1 aliphatic heterocycles. The molecule has 0 N–H and O–H groups in total. The summed E-state index contributed by atoms with van der Waals surface area (Å²) in [5, 5.41) is 0. The van der Waals surface area contributed by atoms with E-state index in [9.17, 15) is 8.42 Å². The molecule has 2 aromatic rings. The Morgan fingerprint density at radius 3 is 2.74 bits per heavy atom. The smallest absolute Gasteiger partial charge is 0.214 e. The minimum atomic E-state index is -3.25. The topological polar surface area (TPSA) is 59.5 Å². The third-order valence-electron chi connectivity index (χ3n) is 3.93. The van der Waals surface area contributed by atoms with Crippen molar-refractivity contribution in [2.24, 2.45) is 0 Å².